The van der Waals surface area contributed by atoms with Gasteiger partial charge in [0.1, 0.15) is 0 Å². The van der Waals surface area contributed by atoms with E-state index in [0.29, 0.717) is 17.7 Å². The number of hydrogen-bond acceptors (Lipinski definition) is 4. The molecule has 0 amide bonds. The van der Waals surface area contributed by atoms with Crippen molar-refractivity contribution >= 4 is 22.8 Å². The van der Waals surface area contributed by atoms with Gasteiger partial charge in [-0.3, -0.25) is 13.9 Å². The van der Waals surface area contributed by atoms with Crippen molar-refractivity contribution in [2.45, 2.75) is 39.8 Å². The van der Waals surface area contributed by atoms with Gasteiger partial charge in [-0.15, -0.1) is 0 Å². The van der Waals surface area contributed by atoms with Crippen LogP contribution in [0.4, 0.5) is 11.6 Å². The Labute approximate surface area is 151 Å². The number of aryl methyl sites for hydroxylation is 3. The third-order valence-corrected chi connectivity index (χ3v) is 5.19. The van der Waals surface area contributed by atoms with Gasteiger partial charge in [0.15, 0.2) is 11.2 Å². The standard InChI is InChI=1S/C19H23N5O2/c1-4-13-7-9-14(10-8-13)23-11-6-12-24-15-16(20-18(23)24)21(3)19(26)22(5-2)17(15)25/h7-10H,4-6,11-12H2,1-3H3. The lowest BCUT2D eigenvalue weighted by Crippen LogP contribution is -2.39. The van der Waals surface area contributed by atoms with E-state index in [1.165, 1.54) is 14.7 Å². The SMILES string of the molecule is CCc1ccc(N2CCCn3c2nc2c3c(=O)n(CC)c(=O)n2C)cc1. The largest absolute Gasteiger partial charge is 0.332 e. The van der Waals surface area contributed by atoms with E-state index < -0.39 is 0 Å². The summed E-state index contributed by atoms with van der Waals surface area (Å²) in [6.07, 6.45) is 1.92. The first kappa shape index (κ1) is 16.6. The lowest BCUT2D eigenvalue weighted by atomic mass is 10.1. The van der Waals surface area contributed by atoms with Gasteiger partial charge in [-0.1, -0.05) is 19.1 Å². The van der Waals surface area contributed by atoms with Crippen LogP contribution in [0, 0.1) is 0 Å². The average molecular weight is 353 g/mol. The number of fused-ring (bicyclic) bond motifs is 3. The number of benzene rings is 1. The molecule has 1 aromatic carbocycles. The zero-order valence-corrected chi connectivity index (χ0v) is 15.4. The highest BCUT2D eigenvalue weighted by atomic mass is 16.2. The monoisotopic (exact) mass is 353 g/mol. The molecule has 3 heterocycles. The predicted molar refractivity (Wildman–Crippen MR) is 102 cm³/mol. The molecule has 1 aliphatic heterocycles. The molecule has 0 spiro atoms. The summed E-state index contributed by atoms with van der Waals surface area (Å²) in [5, 5.41) is 0. The van der Waals surface area contributed by atoms with Crippen molar-refractivity contribution in [1.29, 1.82) is 0 Å². The van der Waals surface area contributed by atoms with Crippen LogP contribution in [-0.2, 0) is 26.6 Å². The second-order valence-corrected chi connectivity index (χ2v) is 6.65. The third kappa shape index (κ3) is 2.30. The van der Waals surface area contributed by atoms with Gasteiger partial charge in [-0.05, 0) is 37.5 Å². The van der Waals surface area contributed by atoms with E-state index in [1.807, 2.05) is 11.5 Å². The van der Waals surface area contributed by atoms with Gasteiger partial charge in [0.05, 0.1) is 0 Å². The number of imidazole rings is 1. The first-order valence-corrected chi connectivity index (χ1v) is 9.13. The molecule has 0 radical (unpaired) electrons. The maximum Gasteiger partial charge on any atom is 0.332 e. The Morgan fingerprint density at radius 1 is 1.08 bits per heavy atom. The van der Waals surface area contributed by atoms with Crippen molar-refractivity contribution in [1.82, 2.24) is 18.7 Å². The Morgan fingerprint density at radius 2 is 1.81 bits per heavy atom. The highest BCUT2D eigenvalue weighted by Gasteiger charge is 2.26. The predicted octanol–water partition coefficient (Wildman–Crippen LogP) is 2.02. The molecule has 0 unspecified atom stereocenters. The van der Waals surface area contributed by atoms with Crippen LogP contribution in [0.15, 0.2) is 33.9 Å². The van der Waals surface area contributed by atoms with E-state index in [-0.39, 0.29) is 11.2 Å². The fourth-order valence-corrected chi connectivity index (χ4v) is 3.70. The van der Waals surface area contributed by atoms with Crippen molar-refractivity contribution in [2.75, 3.05) is 11.4 Å². The van der Waals surface area contributed by atoms with Gasteiger partial charge in [-0.25, -0.2) is 4.79 Å². The Kier molecular flexibility index (Phi) is 3.94. The van der Waals surface area contributed by atoms with Gasteiger partial charge in [0.25, 0.3) is 5.56 Å². The molecule has 0 N–H and O–H groups in total. The fourth-order valence-electron chi connectivity index (χ4n) is 3.70. The molecule has 0 aliphatic carbocycles. The summed E-state index contributed by atoms with van der Waals surface area (Å²) in [5.74, 6) is 0.733. The van der Waals surface area contributed by atoms with Crippen molar-refractivity contribution in [3.8, 4) is 0 Å². The second-order valence-electron chi connectivity index (χ2n) is 6.65. The molecule has 7 heteroatoms. The normalized spacial score (nSPS) is 14.0. The maximum atomic E-state index is 12.9. The van der Waals surface area contributed by atoms with E-state index >= 15 is 0 Å². The van der Waals surface area contributed by atoms with Crippen LogP contribution in [0.2, 0.25) is 0 Å². The summed E-state index contributed by atoms with van der Waals surface area (Å²) >= 11 is 0. The van der Waals surface area contributed by atoms with Gasteiger partial charge in [0, 0.05) is 32.4 Å². The molecule has 2 aromatic heterocycles. The highest BCUT2D eigenvalue weighted by Crippen LogP contribution is 2.31. The molecule has 0 bridgehead atoms. The molecular weight excluding hydrogens is 330 g/mol. The average Bonchev–Trinajstić information content (AvgIpc) is 3.07. The number of rotatable bonds is 3. The van der Waals surface area contributed by atoms with Crippen LogP contribution in [0.3, 0.4) is 0 Å². The molecule has 3 aromatic rings. The lowest BCUT2D eigenvalue weighted by molar-refractivity contribution is 0.595. The molecule has 7 nitrogen and oxygen atoms in total. The smallest absolute Gasteiger partial charge is 0.312 e. The van der Waals surface area contributed by atoms with E-state index in [9.17, 15) is 9.59 Å². The molecule has 26 heavy (non-hydrogen) atoms. The van der Waals surface area contributed by atoms with Gasteiger partial charge >= 0.3 is 5.69 Å². The molecule has 0 saturated carbocycles. The highest BCUT2D eigenvalue weighted by molar-refractivity contribution is 5.77. The third-order valence-electron chi connectivity index (χ3n) is 5.19. The molecule has 4 rings (SSSR count). The first-order chi connectivity index (χ1) is 12.6. The molecule has 1 aliphatic rings. The maximum absolute atomic E-state index is 12.9. The van der Waals surface area contributed by atoms with Crippen molar-refractivity contribution in [3.05, 3.63) is 50.7 Å². The summed E-state index contributed by atoms with van der Waals surface area (Å²) in [6, 6.07) is 8.43. The summed E-state index contributed by atoms with van der Waals surface area (Å²) in [7, 11) is 1.68. The van der Waals surface area contributed by atoms with Crippen LogP contribution >= 0.6 is 0 Å². The number of anilines is 2. The van der Waals surface area contributed by atoms with E-state index in [2.05, 4.69) is 41.1 Å². The number of aromatic nitrogens is 4. The molecule has 0 saturated heterocycles. The van der Waals surface area contributed by atoms with E-state index in [1.54, 1.807) is 7.05 Å². The van der Waals surface area contributed by atoms with Crippen LogP contribution < -0.4 is 16.1 Å². The second kappa shape index (κ2) is 6.16. The molecule has 0 atom stereocenters. The summed E-state index contributed by atoms with van der Waals surface area (Å²) < 4.78 is 4.71. The molecule has 136 valence electrons. The quantitative estimate of drug-likeness (QED) is 0.723. The lowest BCUT2D eigenvalue weighted by Gasteiger charge is -2.29. The molecule has 0 fully saturated rings. The minimum Gasteiger partial charge on any atom is -0.312 e. The minimum atomic E-state index is -0.320. The summed E-state index contributed by atoms with van der Waals surface area (Å²) in [6.45, 7) is 5.86. The Morgan fingerprint density at radius 3 is 2.46 bits per heavy atom. The van der Waals surface area contributed by atoms with Crippen molar-refractivity contribution in [3.63, 3.8) is 0 Å². The minimum absolute atomic E-state index is 0.257. The summed E-state index contributed by atoms with van der Waals surface area (Å²) in [5.41, 5.74) is 2.73. The van der Waals surface area contributed by atoms with Crippen molar-refractivity contribution < 1.29 is 0 Å². The molecular formula is C19H23N5O2. The zero-order chi connectivity index (χ0) is 18.4. The van der Waals surface area contributed by atoms with Crippen molar-refractivity contribution in [2.24, 2.45) is 7.05 Å². The topological polar surface area (TPSA) is 65.1 Å². The fraction of sp³-hybridized carbons (Fsp3) is 0.421. The van der Waals surface area contributed by atoms with Gasteiger partial charge < -0.3 is 9.47 Å². The Hall–Kier alpha value is -2.83. The van der Waals surface area contributed by atoms with Crippen LogP contribution in [0.5, 0.6) is 0 Å². The Balaban J connectivity index is 1.95. The van der Waals surface area contributed by atoms with E-state index in [4.69, 9.17) is 0 Å². The summed E-state index contributed by atoms with van der Waals surface area (Å²) in [4.78, 5) is 32.1. The van der Waals surface area contributed by atoms with Crippen LogP contribution in [-0.4, -0.2) is 25.2 Å². The van der Waals surface area contributed by atoms with Crippen LogP contribution in [0.25, 0.3) is 11.2 Å². The van der Waals surface area contributed by atoms with Gasteiger partial charge in [-0.2, -0.15) is 4.98 Å². The zero-order valence-electron chi connectivity index (χ0n) is 15.4. The van der Waals surface area contributed by atoms with E-state index in [0.717, 1.165) is 37.6 Å². The van der Waals surface area contributed by atoms with Crippen LogP contribution in [0.1, 0.15) is 25.8 Å². The number of nitrogens with zero attached hydrogens (tertiary/aromatic N) is 5. The first-order valence-electron chi connectivity index (χ1n) is 9.13. The number of hydrogen-bond donors (Lipinski definition) is 0. The van der Waals surface area contributed by atoms with Gasteiger partial charge in [0.2, 0.25) is 5.95 Å². The Bertz CT molecular complexity index is 1090.